The quantitative estimate of drug-likeness (QED) is 0.176. The Kier molecular flexibility index (Phi) is 8.54. The summed E-state index contributed by atoms with van der Waals surface area (Å²) in [6.07, 6.45) is 1.13. The van der Waals surface area contributed by atoms with Crippen LogP contribution in [0.5, 0.6) is 0 Å². The second kappa shape index (κ2) is 13.4. The van der Waals surface area contributed by atoms with Crippen molar-refractivity contribution >= 4 is 59.8 Å². The number of rotatable bonds is 2. The van der Waals surface area contributed by atoms with Crippen LogP contribution in [0.25, 0.3) is 89.7 Å². The van der Waals surface area contributed by atoms with Gasteiger partial charge in [0.05, 0.1) is 29.6 Å². The topological polar surface area (TPSA) is 152 Å². The van der Waals surface area contributed by atoms with Gasteiger partial charge in [-0.05, 0) is 40.6 Å². The molecule has 2 aliphatic heterocycles. The molecule has 0 amide bonds. The Bertz CT molecular complexity index is 2680. The zero-order chi connectivity index (χ0) is 35.4. The maximum atomic E-state index is 10.8. The van der Waals surface area contributed by atoms with Gasteiger partial charge in [0, 0.05) is 50.5 Å². The van der Waals surface area contributed by atoms with Crippen LogP contribution in [0, 0.1) is 6.92 Å². The van der Waals surface area contributed by atoms with Gasteiger partial charge in [-0.25, -0.2) is 18.4 Å². The van der Waals surface area contributed by atoms with E-state index < -0.39 is 10.0 Å². The van der Waals surface area contributed by atoms with Crippen molar-refractivity contribution in [1.29, 1.82) is 0 Å². The monoisotopic (exact) mass is 760 g/mol. The van der Waals surface area contributed by atoms with Gasteiger partial charge < -0.3 is 29.9 Å². The fraction of sp³-hybridized carbons (Fsp3) is 0.0500. The number of hydrogen-bond acceptors (Lipinski definition) is 8. The molecule has 3 aromatic heterocycles. The molecule has 0 spiro atoms. The molecule has 0 unspecified atom stereocenters. The number of nitrogens with zero attached hydrogens (tertiary/aromatic N) is 8. The minimum Gasteiger partial charge on any atom is -0.357 e. The van der Waals surface area contributed by atoms with Gasteiger partial charge in [-0.3, -0.25) is 4.72 Å². The van der Waals surface area contributed by atoms with E-state index in [9.17, 15) is 8.42 Å². The molecule has 2 aliphatic rings. The minimum absolute atomic E-state index is 0. The predicted octanol–water partition coefficient (Wildman–Crippen LogP) is 7.49. The van der Waals surface area contributed by atoms with Crippen LogP contribution < -0.4 is 14.7 Å². The Morgan fingerprint density at radius 3 is 1.06 bits per heavy atom. The zero-order valence-electron chi connectivity index (χ0n) is 28.2. The largest absolute Gasteiger partial charge is 2.00 e. The molecule has 1 radical (unpaired) electrons. The van der Waals surface area contributed by atoms with Crippen LogP contribution >= 0.6 is 0 Å². The number of anilines is 1. The molecule has 5 aromatic carbocycles. The standard InChI is InChI=1S/C32H16N8.C8H11NO2S.Cu/c1-2-10-18-17(9-1)25-33-26(18)38-28-21-13-5-6-14-22(21)30(35-28)40-32-24-16-8-7-15-23(24)31(36-32)39-29-20-12-4-3-11-19(20)27(34-29)37-25;1-7-3-5-8(6-4-7)9-12(2,10)11;/h1-16H;3-6,9H,1-2H3;/q-2;;+2. The van der Waals surface area contributed by atoms with Crippen molar-refractivity contribution in [2.75, 3.05) is 11.0 Å². The molecule has 0 aliphatic carbocycles. The first-order chi connectivity index (χ1) is 25.3. The smallest absolute Gasteiger partial charge is 0.357 e. The molecule has 0 fully saturated rings. The van der Waals surface area contributed by atoms with Crippen LogP contribution in [-0.4, -0.2) is 44.6 Å². The SMILES string of the molecule is Cc1ccc(NS(C)(=O)=O)cc1.[Cu+2].c1ccc2c(c1)-c1nc-2nc2[n-]c(nc3nc(nc4[n-]c(n1)c1ccccc41)-c1ccccc1-3)c1ccccc21. The van der Waals surface area contributed by atoms with Crippen molar-refractivity contribution in [3.63, 3.8) is 0 Å². The maximum Gasteiger partial charge on any atom is 2.00 e. The normalized spacial score (nSPS) is 11.6. The van der Waals surface area contributed by atoms with Gasteiger partial charge in [-0.1, -0.05) is 115 Å². The summed E-state index contributed by atoms with van der Waals surface area (Å²) in [4.78, 5) is 39.3. The Morgan fingerprint density at radius 1 is 0.453 bits per heavy atom. The fourth-order valence-electron chi connectivity index (χ4n) is 6.29. The predicted molar refractivity (Wildman–Crippen MR) is 204 cm³/mol. The molecule has 8 bridgehead atoms. The Hall–Kier alpha value is -6.27. The molecule has 0 saturated carbocycles. The van der Waals surface area contributed by atoms with Gasteiger partial charge in [0.25, 0.3) is 0 Å². The molecule has 261 valence electrons. The number of fused-ring (bicyclic) bond motifs is 20. The van der Waals surface area contributed by atoms with Crippen LogP contribution in [0.3, 0.4) is 0 Å². The summed E-state index contributed by atoms with van der Waals surface area (Å²) in [6.45, 7) is 1.95. The van der Waals surface area contributed by atoms with Crippen LogP contribution in [0.15, 0.2) is 121 Å². The van der Waals surface area contributed by atoms with E-state index in [2.05, 4.69) is 4.72 Å². The van der Waals surface area contributed by atoms with E-state index in [1.165, 1.54) is 0 Å². The molecule has 5 heterocycles. The molecule has 11 nitrogen and oxygen atoms in total. The molecular formula is C40H27CuN9O2S. The first-order valence-corrected chi connectivity index (χ1v) is 18.3. The average molecular weight is 761 g/mol. The van der Waals surface area contributed by atoms with E-state index in [4.69, 9.17) is 39.9 Å². The summed E-state index contributed by atoms with van der Waals surface area (Å²) in [6, 6.07) is 39.0. The van der Waals surface area contributed by atoms with Gasteiger partial charge in [0.2, 0.25) is 10.0 Å². The summed E-state index contributed by atoms with van der Waals surface area (Å²) in [5.74, 6) is 2.21. The van der Waals surface area contributed by atoms with Gasteiger partial charge >= 0.3 is 17.1 Å². The van der Waals surface area contributed by atoms with Crippen molar-refractivity contribution in [3.8, 4) is 45.6 Å². The summed E-state index contributed by atoms with van der Waals surface area (Å²) in [5.41, 5.74) is 7.49. The summed E-state index contributed by atoms with van der Waals surface area (Å²) in [7, 11) is -3.14. The third kappa shape index (κ3) is 6.42. The van der Waals surface area contributed by atoms with Crippen molar-refractivity contribution in [1.82, 2.24) is 39.9 Å². The van der Waals surface area contributed by atoms with E-state index in [0.29, 0.717) is 51.6 Å². The number of aromatic nitrogens is 8. The number of hydrogen-bond donors (Lipinski definition) is 1. The first kappa shape index (κ1) is 33.8. The van der Waals surface area contributed by atoms with Crippen LogP contribution in [0.2, 0.25) is 0 Å². The van der Waals surface area contributed by atoms with E-state index in [-0.39, 0.29) is 17.1 Å². The minimum atomic E-state index is -3.14. The molecule has 10 rings (SSSR count). The van der Waals surface area contributed by atoms with Crippen molar-refractivity contribution in [3.05, 3.63) is 127 Å². The van der Waals surface area contributed by atoms with Gasteiger partial charge in [-0.2, -0.15) is 0 Å². The number of benzene rings is 5. The number of sulfonamides is 1. The van der Waals surface area contributed by atoms with Gasteiger partial charge in [0.1, 0.15) is 0 Å². The molecule has 0 atom stereocenters. The average Bonchev–Trinajstić information content (AvgIpc) is 3.88. The van der Waals surface area contributed by atoms with E-state index >= 15 is 0 Å². The maximum absolute atomic E-state index is 10.8. The molecule has 53 heavy (non-hydrogen) atoms. The van der Waals surface area contributed by atoms with Crippen LogP contribution in [0.4, 0.5) is 5.69 Å². The Balaban J connectivity index is 0.000000266. The third-order valence-electron chi connectivity index (χ3n) is 8.68. The third-order valence-corrected chi connectivity index (χ3v) is 9.29. The van der Waals surface area contributed by atoms with Gasteiger partial charge in [-0.15, -0.1) is 0 Å². The summed E-state index contributed by atoms with van der Waals surface area (Å²) in [5, 5.41) is 3.57. The Morgan fingerprint density at radius 2 is 0.755 bits per heavy atom. The van der Waals surface area contributed by atoms with E-state index in [1.54, 1.807) is 12.1 Å². The van der Waals surface area contributed by atoms with Crippen molar-refractivity contribution in [2.45, 2.75) is 6.92 Å². The van der Waals surface area contributed by atoms with E-state index in [0.717, 1.165) is 55.6 Å². The van der Waals surface area contributed by atoms with Crippen LogP contribution in [-0.2, 0) is 27.1 Å². The second-order valence-corrected chi connectivity index (χ2v) is 14.2. The molecule has 8 aromatic rings. The second-order valence-electron chi connectivity index (χ2n) is 12.4. The molecule has 13 heteroatoms. The van der Waals surface area contributed by atoms with Crippen molar-refractivity contribution < 1.29 is 25.5 Å². The zero-order valence-corrected chi connectivity index (χ0v) is 29.9. The molecule has 0 saturated heterocycles. The van der Waals surface area contributed by atoms with E-state index in [1.807, 2.05) is 116 Å². The molecule has 1 N–H and O–H groups in total. The number of nitrogens with one attached hydrogen (secondary N) is 1. The summed E-state index contributed by atoms with van der Waals surface area (Å²) < 4.78 is 23.9. The van der Waals surface area contributed by atoms with Crippen LogP contribution in [0.1, 0.15) is 5.56 Å². The fourth-order valence-corrected chi connectivity index (χ4v) is 6.86. The van der Waals surface area contributed by atoms with Crippen molar-refractivity contribution in [2.24, 2.45) is 0 Å². The Labute approximate surface area is 314 Å². The summed E-state index contributed by atoms with van der Waals surface area (Å²) >= 11 is 0. The van der Waals surface area contributed by atoms with Gasteiger partial charge in [0.15, 0.2) is 0 Å². The molecular weight excluding hydrogens is 734 g/mol. The first-order valence-electron chi connectivity index (χ1n) is 16.4. The number of aryl methyl sites for hydroxylation is 1.